The van der Waals surface area contributed by atoms with Gasteiger partial charge in [-0.3, -0.25) is 10.1 Å². The molecule has 3 aliphatic heterocycles. The number of nitriles is 1. The van der Waals surface area contributed by atoms with Crippen LogP contribution in [0.5, 0.6) is 5.75 Å². The third-order valence-corrected chi connectivity index (χ3v) is 8.70. The summed E-state index contributed by atoms with van der Waals surface area (Å²) >= 11 is 0. The zero-order valence-electron chi connectivity index (χ0n) is 24.4. The zero-order chi connectivity index (χ0) is 30.2. The molecule has 4 aromatic carbocycles. The summed E-state index contributed by atoms with van der Waals surface area (Å²) in [5.74, 6) is 0.277. The standard InChI is InChI=1S/C36H32FN5O2/c1-24-39-36(27-10-11-28(21-38)32(37)18-27)34-19-29(14-15-41(24)34)40-16-17-42(35(43)22-40)33-9-5-8-26-12-13-30(20-31(26)33)44-23-25-6-3-2-4-7-25/h2-14,18-20,24,36,39H,15-17,22-23H2,1H3. The first kappa shape index (κ1) is 27.7. The number of nitrogens with one attached hydrogen (secondary N) is 1. The minimum atomic E-state index is -0.518. The molecular formula is C36H32FN5O2. The summed E-state index contributed by atoms with van der Waals surface area (Å²) in [4.78, 5) is 19.9. The summed E-state index contributed by atoms with van der Waals surface area (Å²) in [5, 5.41) is 14.7. The smallest absolute Gasteiger partial charge is 0.246 e. The lowest BCUT2D eigenvalue weighted by Gasteiger charge is -2.38. The monoisotopic (exact) mass is 585 g/mol. The lowest BCUT2D eigenvalue weighted by molar-refractivity contribution is -0.120. The summed E-state index contributed by atoms with van der Waals surface area (Å²) in [6, 6.07) is 28.6. The Kier molecular flexibility index (Phi) is 7.24. The fourth-order valence-corrected chi connectivity index (χ4v) is 6.38. The predicted molar refractivity (Wildman–Crippen MR) is 168 cm³/mol. The number of hydrogen-bond donors (Lipinski definition) is 1. The second-order valence-electron chi connectivity index (χ2n) is 11.4. The summed E-state index contributed by atoms with van der Waals surface area (Å²) < 4.78 is 20.6. The Hall–Kier alpha value is -5.13. The first-order chi connectivity index (χ1) is 21.5. The molecule has 44 heavy (non-hydrogen) atoms. The van der Waals surface area contributed by atoms with Crippen LogP contribution in [-0.2, 0) is 11.4 Å². The largest absolute Gasteiger partial charge is 0.489 e. The Morgan fingerprint density at radius 2 is 1.89 bits per heavy atom. The van der Waals surface area contributed by atoms with Gasteiger partial charge >= 0.3 is 0 Å². The van der Waals surface area contributed by atoms with Crippen LogP contribution in [0.4, 0.5) is 10.1 Å². The van der Waals surface area contributed by atoms with Crippen LogP contribution in [0.1, 0.15) is 29.7 Å². The van der Waals surface area contributed by atoms with E-state index in [-0.39, 0.29) is 30.2 Å². The molecule has 7 rings (SSSR count). The van der Waals surface area contributed by atoms with Crippen LogP contribution in [0, 0.1) is 17.1 Å². The first-order valence-electron chi connectivity index (χ1n) is 14.9. The van der Waals surface area contributed by atoms with E-state index in [0.29, 0.717) is 26.2 Å². The number of carbonyl (C=O) groups is 1. The summed E-state index contributed by atoms with van der Waals surface area (Å²) in [5.41, 5.74) is 4.82. The maximum absolute atomic E-state index is 14.5. The molecule has 0 radical (unpaired) electrons. The Labute approximate surface area is 256 Å². The molecule has 0 aromatic heterocycles. The van der Waals surface area contributed by atoms with E-state index in [1.165, 1.54) is 12.1 Å². The molecule has 0 aliphatic carbocycles. The molecule has 3 heterocycles. The van der Waals surface area contributed by atoms with Crippen molar-refractivity contribution in [3.63, 3.8) is 0 Å². The lowest BCUT2D eigenvalue weighted by atomic mass is 10.00. The van der Waals surface area contributed by atoms with E-state index >= 15 is 0 Å². The van der Waals surface area contributed by atoms with E-state index < -0.39 is 5.82 Å². The number of piperazine rings is 1. The van der Waals surface area contributed by atoms with E-state index in [4.69, 9.17) is 10.00 Å². The lowest BCUT2D eigenvalue weighted by Crippen LogP contribution is -2.50. The molecule has 7 nitrogen and oxygen atoms in total. The van der Waals surface area contributed by atoms with Crippen molar-refractivity contribution in [2.24, 2.45) is 0 Å². The van der Waals surface area contributed by atoms with Gasteiger partial charge in [0.25, 0.3) is 0 Å². The normalized spacial score (nSPS) is 19.8. The van der Waals surface area contributed by atoms with Crippen LogP contribution in [0.15, 0.2) is 108 Å². The molecule has 8 heteroatoms. The molecule has 2 unspecified atom stereocenters. The average molecular weight is 586 g/mol. The zero-order valence-corrected chi connectivity index (χ0v) is 24.4. The highest BCUT2D eigenvalue weighted by Gasteiger charge is 2.37. The van der Waals surface area contributed by atoms with Crippen molar-refractivity contribution in [1.29, 1.82) is 5.26 Å². The molecule has 0 bridgehead atoms. The van der Waals surface area contributed by atoms with Crippen LogP contribution in [0.2, 0.25) is 0 Å². The third-order valence-electron chi connectivity index (χ3n) is 8.70. The minimum absolute atomic E-state index is 0.0321. The predicted octanol–water partition coefficient (Wildman–Crippen LogP) is 5.85. The number of ether oxygens (including phenoxy) is 1. The molecule has 3 aliphatic rings. The van der Waals surface area contributed by atoms with Gasteiger partial charge in [0.05, 0.1) is 30.0 Å². The SMILES string of the molecule is CC1NC(c2ccc(C#N)c(F)c2)C2=CC(N3CCN(c4cccc5ccc(OCc6ccccc6)cc45)C(=O)C3)=CCN21. The van der Waals surface area contributed by atoms with Crippen LogP contribution in [0.25, 0.3) is 10.8 Å². The molecular weight excluding hydrogens is 553 g/mol. The highest BCUT2D eigenvalue weighted by molar-refractivity contribution is 6.05. The number of anilines is 1. The number of amides is 1. The fourth-order valence-electron chi connectivity index (χ4n) is 6.38. The van der Waals surface area contributed by atoms with Gasteiger partial charge in [-0.1, -0.05) is 54.6 Å². The third kappa shape index (κ3) is 5.16. The maximum atomic E-state index is 14.5. The van der Waals surface area contributed by atoms with Gasteiger partial charge in [0.1, 0.15) is 24.2 Å². The van der Waals surface area contributed by atoms with Crippen LogP contribution < -0.4 is 15.0 Å². The van der Waals surface area contributed by atoms with E-state index in [2.05, 4.69) is 40.3 Å². The highest BCUT2D eigenvalue weighted by Crippen LogP contribution is 2.37. The number of fused-ring (bicyclic) bond motifs is 2. The Balaban J connectivity index is 1.09. The van der Waals surface area contributed by atoms with E-state index in [9.17, 15) is 9.18 Å². The molecule has 1 N–H and O–H groups in total. The minimum Gasteiger partial charge on any atom is -0.489 e. The number of rotatable bonds is 6. The molecule has 4 aromatic rings. The van der Waals surface area contributed by atoms with Crippen LogP contribution in [0.3, 0.4) is 0 Å². The van der Waals surface area contributed by atoms with E-state index in [1.54, 1.807) is 6.07 Å². The number of allylic oxidation sites excluding steroid dienone is 1. The Morgan fingerprint density at radius 3 is 2.68 bits per heavy atom. The fraction of sp³-hybridized carbons (Fsp3) is 0.222. The van der Waals surface area contributed by atoms with Gasteiger partial charge in [0.2, 0.25) is 5.91 Å². The van der Waals surface area contributed by atoms with Crippen LogP contribution >= 0.6 is 0 Å². The number of carbonyl (C=O) groups excluding carboxylic acids is 1. The molecule has 2 fully saturated rings. The number of nitrogens with zero attached hydrogens (tertiary/aromatic N) is 4. The van der Waals surface area contributed by atoms with Crippen molar-refractivity contribution < 1.29 is 13.9 Å². The van der Waals surface area contributed by atoms with Gasteiger partial charge in [-0.25, -0.2) is 4.39 Å². The quantitative estimate of drug-likeness (QED) is 0.306. The van der Waals surface area contributed by atoms with Crippen molar-refractivity contribution in [2.75, 3.05) is 31.1 Å². The summed E-state index contributed by atoms with van der Waals surface area (Å²) in [6.07, 6.45) is 4.33. The highest BCUT2D eigenvalue weighted by atomic mass is 19.1. The second kappa shape index (κ2) is 11.5. The van der Waals surface area contributed by atoms with Gasteiger partial charge in [-0.2, -0.15) is 5.26 Å². The molecule has 1 amide bonds. The van der Waals surface area contributed by atoms with E-state index in [0.717, 1.165) is 44.7 Å². The van der Waals surface area contributed by atoms with Crippen molar-refractivity contribution in [2.45, 2.75) is 25.7 Å². The topological polar surface area (TPSA) is 71.8 Å². The molecule has 2 saturated heterocycles. The number of hydrogen-bond acceptors (Lipinski definition) is 6. The summed E-state index contributed by atoms with van der Waals surface area (Å²) in [7, 11) is 0. The van der Waals surface area contributed by atoms with Crippen molar-refractivity contribution in [3.05, 3.63) is 131 Å². The maximum Gasteiger partial charge on any atom is 0.246 e. The van der Waals surface area contributed by atoms with Gasteiger partial charge in [0, 0.05) is 36.4 Å². The van der Waals surface area contributed by atoms with Gasteiger partial charge in [-0.05, 0) is 65.9 Å². The average Bonchev–Trinajstić information content (AvgIpc) is 3.39. The molecule has 0 saturated carbocycles. The van der Waals surface area contributed by atoms with E-state index in [1.807, 2.05) is 71.6 Å². The molecule has 220 valence electrons. The number of benzene rings is 4. The van der Waals surface area contributed by atoms with Gasteiger partial charge in [0.15, 0.2) is 0 Å². The number of halogens is 1. The van der Waals surface area contributed by atoms with Gasteiger partial charge in [-0.15, -0.1) is 0 Å². The Bertz CT molecular complexity index is 1850. The van der Waals surface area contributed by atoms with Crippen LogP contribution in [-0.4, -0.2) is 48.1 Å². The molecule has 0 spiro atoms. The Morgan fingerprint density at radius 1 is 1.02 bits per heavy atom. The van der Waals surface area contributed by atoms with Crippen molar-refractivity contribution >= 4 is 22.4 Å². The second-order valence-corrected chi connectivity index (χ2v) is 11.4. The molecule has 2 atom stereocenters. The first-order valence-corrected chi connectivity index (χ1v) is 14.9. The van der Waals surface area contributed by atoms with Gasteiger partial charge < -0.3 is 19.4 Å². The summed E-state index contributed by atoms with van der Waals surface area (Å²) in [6.45, 7) is 4.74. The van der Waals surface area contributed by atoms with Crippen molar-refractivity contribution in [1.82, 2.24) is 15.1 Å². The van der Waals surface area contributed by atoms with Crippen molar-refractivity contribution in [3.8, 4) is 11.8 Å².